The van der Waals surface area contributed by atoms with Gasteiger partial charge in [0, 0.05) is 63.2 Å². The molecule has 1 aliphatic heterocycles. The summed E-state index contributed by atoms with van der Waals surface area (Å²) in [5.74, 6) is 1.54. The number of benzene rings is 1. The van der Waals surface area contributed by atoms with E-state index in [9.17, 15) is 9.18 Å². The first-order chi connectivity index (χ1) is 16.5. The number of nitrogens with zero attached hydrogens (tertiary/aromatic N) is 5. The molecular formula is C26H28FN5O2. The van der Waals surface area contributed by atoms with E-state index >= 15 is 0 Å². The van der Waals surface area contributed by atoms with Gasteiger partial charge in [0.15, 0.2) is 5.82 Å². The predicted molar refractivity (Wildman–Crippen MR) is 131 cm³/mol. The van der Waals surface area contributed by atoms with Crippen LogP contribution in [0.2, 0.25) is 0 Å². The Morgan fingerprint density at radius 3 is 2.65 bits per heavy atom. The zero-order valence-corrected chi connectivity index (χ0v) is 19.7. The highest BCUT2D eigenvalue weighted by Crippen LogP contribution is 2.39. The van der Waals surface area contributed by atoms with E-state index in [0.29, 0.717) is 12.2 Å². The number of likely N-dealkylation sites (N-methyl/N-ethyl adjacent to an activating group) is 1. The lowest BCUT2D eigenvalue weighted by atomic mass is 10.0. The molecule has 8 heteroatoms. The molecule has 1 aromatic carbocycles. The fraction of sp³-hybridized carbons (Fsp3) is 0.308. The Labute approximate surface area is 198 Å². The molecule has 0 fully saturated rings. The number of pyridine rings is 1. The van der Waals surface area contributed by atoms with Crippen molar-refractivity contribution in [3.8, 4) is 11.4 Å². The van der Waals surface area contributed by atoms with Gasteiger partial charge in [0.05, 0.1) is 5.52 Å². The Kier molecular flexibility index (Phi) is 7.27. The number of methoxy groups -OCH3 is 1. The molecule has 1 aliphatic carbocycles. The van der Waals surface area contributed by atoms with E-state index < -0.39 is 0 Å². The number of anilines is 1. The van der Waals surface area contributed by atoms with Crippen LogP contribution < -0.4 is 4.90 Å². The lowest BCUT2D eigenvalue weighted by molar-refractivity contribution is -0.132. The molecule has 2 aromatic heterocycles. The van der Waals surface area contributed by atoms with E-state index in [1.807, 2.05) is 30.3 Å². The van der Waals surface area contributed by atoms with Crippen molar-refractivity contribution in [1.29, 1.82) is 0 Å². The third-order valence-corrected chi connectivity index (χ3v) is 5.76. The third kappa shape index (κ3) is 5.12. The first-order valence-electron chi connectivity index (χ1n) is 11.2. The van der Waals surface area contributed by atoms with Crippen molar-refractivity contribution >= 4 is 22.6 Å². The van der Waals surface area contributed by atoms with Crippen LogP contribution in [0.4, 0.5) is 10.2 Å². The Hall–Kier alpha value is -3.65. The maximum Gasteiger partial charge on any atom is 0.248 e. The second-order valence-electron chi connectivity index (χ2n) is 8.32. The Bertz CT molecular complexity index is 1240. The van der Waals surface area contributed by atoms with Gasteiger partial charge in [0.1, 0.15) is 18.3 Å². The van der Waals surface area contributed by atoms with Crippen LogP contribution in [-0.4, -0.2) is 60.1 Å². The number of rotatable bonds is 4. The zero-order valence-electron chi connectivity index (χ0n) is 19.7. The molecule has 3 aromatic rings. The van der Waals surface area contributed by atoms with Crippen molar-refractivity contribution in [3.63, 3.8) is 0 Å². The SMILES string of the molecule is COCC(=O)N(C)C.FC1=CC2=C(CC1)N(c1nc(-c3cccnc3)nc3ccccc13)CC2. The van der Waals surface area contributed by atoms with Crippen molar-refractivity contribution in [2.24, 2.45) is 0 Å². The summed E-state index contributed by atoms with van der Waals surface area (Å²) >= 11 is 0. The molecule has 1 amide bonds. The molecule has 5 rings (SSSR count). The van der Waals surface area contributed by atoms with Crippen LogP contribution in [0.1, 0.15) is 19.3 Å². The largest absolute Gasteiger partial charge is 0.375 e. The number of aromatic nitrogens is 3. The molecular weight excluding hydrogens is 433 g/mol. The molecule has 34 heavy (non-hydrogen) atoms. The smallest absolute Gasteiger partial charge is 0.248 e. The summed E-state index contributed by atoms with van der Waals surface area (Å²) in [5, 5.41) is 1.02. The van der Waals surface area contributed by atoms with Crippen molar-refractivity contribution in [2.45, 2.75) is 19.3 Å². The van der Waals surface area contributed by atoms with Crippen molar-refractivity contribution in [1.82, 2.24) is 19.9 Å². The van der Waals surface area contributed by atoms with Crippen LogP contribution in [0.5, 0.6) is 0 Å². The fourth-order valence-electron chi connectivity index (χ4n) is 4.01. The van der Waals surface area contributed by atoms with E-state index in [4.69, 9.17) is 9.97 Å². The number of hydrogen-bond donors (Lipinski definition) is 0. The molecule has 0 unspecified atom stereocenters. The average Bonchev–Trinajstić information content (AvgIpc) is 3.27. The number of hydrogen-bond acceptors (Lipinski definition) is 6. The van der Waals surface area contributed by atoms with Crippen molar-refractivity contribution < 1.29 is 13.9 Å². The summed E-state index contributed by atoms with van der Waals surface area (Å²) in [6.45, 7) is 0.995. The molecule has 3 heterocycles. The number of carbonyl (C=O) groups is 1. The van der Waals surface area contributed by atoms with Crippen LogP contribution in [0.3, 0.4) is 0 Å². The molecule has 176 valence electrons. The van der Waals surface area contributed by atoms with E-state index in [2.05, 4.69) is 20.7 Å². The lowest BCUT2D eigenvalue weighted by Crippen LogP contribution is -2.25. The molecule has 0 saturated heterocycles. The number of halogens is 1. The van der Waals surface area contributed by atoms with E-state index in [1.165, 1.54) is 17.7 Å². The Morgan fingerprint density at radius 2 is 1.94 bits per heavy atom. The van der Waals surface area contributed by atoms with Gasteiger partial charge in [-0.05, 0) is 48.8 Å². The summed E-state index contributed by atoms with van der Waals surface area (Å²) in [5.41, 5.74) is 4.08. The predicted octanol–water partition coefficient (Wildman–Crippen LogP) is 4.52. The van der Waals surface area contributed by atoms with Gasteiger partial charge in [-0.25, -0.2) is 14.4 Å². The molecule has 7 nitrogen and oxygen atoms in total. The van der Waals surface area contributed by atoms with Gasteiger partial charge in [-0.1, -0.05) is 12.1 Å². The number of fused-ring (bicyclic) bond motifs is 1. The third-order valence-electron chi connectivity index (χ3n) is 5.76. The maximum absolute atomic E-state index is 13.7. The normalized spacial score (nSPS) is 14.9. The minimum atomic E-state index is -0.0193. The summed E-state index contributed by atoms with van der Waals surface area (Å²) in [6, 6.07) is 11.9. The first-order valence-corrected chi connectivity index (χ1v) is 11.2. The lowest BCUT2D eigenvalue weighted by Gasteiger charge is -2.24. The molecule has 0 spiro atoms. The molecule has 0 N–H and O–H groups in total. The van der Waals surface area contributed by atoms with E-state index in [0.717, 1.165) is 47.2 Å². The van der Waals surface area contributed by atoms with Gasteiger partial charge in [-0.2, -0.15) is 0 Å². The van der Waals surface area contributed by atoms with Gasteiger partial charge in [0.2, 0.25) is 5.91 Å². The maximum atomic E-state index is 13.7. The summed E-state index contributed by atoms with van der Waals surface area (Å²) < 4.78 is 18.2. The van der Waals surface area contributed by atoms with Crippen LogP contribution in [-0.2, 0) is 9.53 Å². The molecule has 2 aliphatic rings. The minimum Gasteiger partial charge on any atom is -0.375 e. The van der Waals surface area contributed by atoms with Crippen molar-refractivity contribution in [2.75, 3.05) is 39.3 Å². The van der Waals surface area contributed by atoms with E-state index in [-0.39, 0.29) is 18.3 Å². The van der Waals surface area contributed by atoms with Gasteiger partial charge in [-0.3, -0.25) is 9.78 Å². The van der Waals surface area contributed by atoms with E-state index in [1.54, 1.807) is 32.6 Å². The quantitative estimate of drug-likeness (QED) is 0.569. The standard InChI is InChI=1S/C21H17FN4.C5H11NO2/c22-16-7-8-19-14(12-16)9-11-26(19)21-17-5-1-2-6-18(17)24-20(25-21)15-4-3-10-23-13-15;1-6(2)5(7)4-8-3/h1-6,10,12-13H,7-9,11H2;4H2,1-3H3. The van der Waals surface area contributed by atoms with Crippen LogP contribution in [0.25, 0.3) is 22.3 Å². The minimum absolute atomic E-state index is 0.00694. The monoisotopic (exact) mass is 461 g/mol. The van der Waals surface area contributed by atoms with Gasteiger partial charge in [-0.15, -0.1) is 0 Å². The van der Waals surface area contributed by atoms with Crippen LogP contribution >= 0.6 is 0 Å². The summed E-state index contributed by atoms with van der Waals surface area (Å²) in [4.78, 5) is 28.1. The number of carbonyl (C=O) groups excluding carboxylic acids is 1. The molecule has 0 bridgehead atoms. The van der Waals surface area contributed by atoms with Gasteiger partial charge < -0.3 is 14.5 Å². The highest BCUT2D eigenvalue weighted by atomic mass is 19.1. The molecule has 0 radical (unpaired) electrons. The second-order valence-corrected chi connectivity index (χ2v) is 8.32. The van der Waals surface area contributed by atoms with Gasteiger partial charge >= 0.3 is 0 Å². The molecule has 0 atom stereocenters. The number of amides is 1. The van der Waals surface area contributed by atoms with Crippen LogP contribution in [0, 0.1) is 0 Å². The van der Waals surface area contributed by atoms with Crippen molar-refractivity contribution in [3.05, 3.63) is 72.0 Å². The molecule has 0 saturated carbocycles. The number of ether oxygens (including phenoxy) is 1. The summed E-state index contributed by atoms with van der Waals surface area (Å²) in [7, 11) is 4.89. The van der Waals surface area contributed by atoms with Crippen LogP contribution in [0.15, 0.2) is 72.0 Å². The van der Waals surface area contributed by atoms with Gasteiger partial charge in [0.25, 0.3) is 0 Å². The fourth-order valence-corrected chi connectivity index (χ4v) is 4.01. The Balaban J connectivity index is 0.000000297. The first kappa shape index (κ1) is 23.5. The summed E-state index contributed by atoms with van der Waals surface area (Å²) in [6.07, 6.45) is 7.26. The highest BCUT2D eigenvalue weighted by molar-refractivity contribution is 5.92. The highest BCUT2D eigenvalue weighted by Gasteiger charge is 2.28. The number of para-hydroxylation sites is 1. The second kappa shape index (κ2) is 10.5. The number of allylic oxidation sites excluding steroid dienone is 3. The zero-order chi connectivity index (χ0) is 24.1. The average molecular weight is 462 g/mol. The topological polar surface area (TPSA) is 71.5 Å². The Morgan fingerprint density at radius 1 is 1.12 bits per heavy atom.